The summed E-state index contributed by atoms with van der Waals surface area (Å²) in [6.45, 7) is 2.23. The van der Waals surface area contributed by atoms with Crippen LogP contribution in [0.3, 0.4) is 0 Å². The maximum atomic E-state index is 13.4. The van der Waals surface area contributed by atoms with Crippen LogP contribution in [0.15, 0.2) is 42.2 Å². The number of rotatable bonds is 2. The van der Waals surface area contributed by atoms with Crippen LogP contribution in [0.2, 0.25) is 0 Å². The molecule has 4 fully saturated rings. The molecule has 0 N–H and O–H groups in total. The van der Waals surface area contributed by atoms with Gasteiger partial charge in [-0.1, -0.05) is 24.6 Å². The predicted molar refractivity (Wildman–Crippen MR) is 106 cm³/mol. The molecule has 2 bridgehead atoms. The molecule has 2 amide bonds. The van der Waals surface area contributed by atoms with Crippen LogP contribution >= 0.6 is 0 Å². The molecule has 4 heterocycles. The van der Waals surface area contributed by atoms with Crippen molar-refractivity contribution in [2.24, 2.45) is 11.8 Å². The fraction of sp³-hybridized carbons (Fsp3) is 0.478. The van der Waals surface area contributed by atoms with Gasteiger partial charge in [-0.15, -0.1) is 0 Å². The summed E-state index contributed by atoms with van der Waals surface area (Å²) in [5.41, 5.74) is 1.56. The highest BCUT2D eigenvalue weighted by atomic mass is 16.5. The molecule has 0 aromatic heterocycles. The van der Waals surface area contributed by atoms with E-state index in [1.807, 2.05) is 35.2 Å². The van der Waals surface area contributed by atoms with E-state index in [9.17, 15) is 9.59 Å². The minimum Gasteiger partial charge on any atom is -0.464 e. The van der Waals surface area contributed by atoms with E-state index in [-0.39, 0.29) is 17.9 Å². The topological polar surface area (TPSA) is 49.9 Å². The Morgan fingerprint density at radius 1 is 1.00 bits per heavy atom. The SMILES string of the molecule is O=C(C1CCC1)N1C[C@@H]2CC[C@H](C1)N(C(=O)C1=Cc3ccccc3OC=C1)C2. The van der Waals surface area contributed by atoms with Gasteiger partial charge in [0.1, 0.15) is 5.75 Å². The number of para-hydroxylation sites is 1. The summed E-state index contributed by atoms with van der Waals surface area (Å²) in [7, 11) is 0. The second-order valence-electron chi connectivity index (χ2n) is 8.48. The molecule has 6 rings (SSSR count). The summed E-state index contributed by atoms with van der Waals surface area (Å²) < 4.78 is 5.64. The maximum Gasteiger partial charge on any atom is 0.254 e. The summed E-state index contributed by atoms with van der Waals surface area (Å²) >= 11 is 0. The second-order valence-corrected chi connectivity index (χ2v) is 8.48. The molecule has 5 aliphatic rings. The fourth-order valence-corrected chi connectivity index (χ4v) is 4.83. The Morgan fingerprint density at radius 2 is 1.86 bits per heavy atom. The molecule has 1 aliphatic carbocycles. The smallest absolute Gasteiger partial charge is 0.254 e. The number of hydrogen-bond acceptors (Lipinski definition) is 3. The zero-order valence-electron chi connectivity index (χ0n) is 16.0. The summed E-state index contributed by atoms with van der Waals surface area (Å²) in [6, 6.07) is 7.85. The summed E-state index contributed by atoms with van der Waals surface area (Å²) in [5.74, 6) is 1.72. The van der Waals surface area contributed by atoms with Gasteiger partial charge in [-0.25, -0.2) is 0 Å². The van der Waals surface area contributed by atoms with Crippen LogP contribution in [0.1, 0.15) is 37.7 Å². The van der Waals surface area contributed by atoms with Crippen LogP contribution in [-0.4, -0.2) is 47.3 Å². The first-order valence-electron chi connectivity index (χ1n) is 10.4. The Labute approximate surface area is 165 Å². The van der Waals surface area contributed by atoms with Crippen LogP contribution in [-0.2, 0) is 9.59 Å². The Balaban J connectivity index is 1.37. The van der Waals surface area contributed by atoms with E-state index in [0.29, 0.717) is 23.9 Å². The van der Waals surface area contributed by atoms with Gasteiger partial charge in [0.15, 0.2) is 0 Å². The first-order chi connectivity index (χ1) is 13.7. The summed E-state index contributed by atoms with van der Waals surface area (Å²) in [6.07, 6.45) is 10.6. The van der Waals surface area contributed by atoms with Gasteiger partial charge in [-0.2, -0.15) is 0 Å². The van der Waals surface area contributed by atoms with Gasteiger partial charge in [-0.05, 0) is 49.8 Å². The number of hydrogen-bond donors (Lipinski definition) is 0. The van der Waals surface area contributed by atoms with E-state index in [2.05, 4.69) is 4.90 Å². The molecule has 0 spiro atoms. The van der Waals surface area contributed by atoms with Crippen molar-refractivity contribution in [3.05, 3.63) is 47.7 Å². The highest BCUT2D eigenvalue weighted by Crippen LogP contribution is 2.34. The number of piperidine rings is 1. The van der Waals surface area contributed by atoms with Gasteiger partial charge in [-0.3, -0.25) is 9.59 Å². The average molecular weight is 378 g/mol. The minimum absolute atomic E-state index is 0.0456. The van der Waals surface area contributed by atoms with E-state index in [0.717, 1.165) is 50.1 Å². The number of fused-ring (bicyclic) bond motifs is 5. The monoisotopic (exact) mass is 378 g/mol. The van der Waals surface area contributed by atoms with E-state index in [1.54, 1.807) is 12.3 Å². The minimum atomic E-state index is 0.0456. The normalized spacial score (nSPS) is 26.5. The summed E-state index contributed by atoms with van der Waals surface area (Å²) in [4.78, 5) is 30.2. The molecule has 1 saturated carbocycles. The zero-order valence-corrected chi connectivity index (χ0v) is 16.0. The highest BCUT2D eigenvalue weighted by molar-refractivity contribution is 6.01. The van der Waals surface area contributed by atoms with Gasteiger partial charge in [0.05, 0.1) is 6.26 Å². The Morgan fingerprint density at radius 3 is 2.68 bits per heavy atom. The molecule has 5 heteroatoms. The third-order valence-corrected chi connectivity index (χ3v) is 6.66. The molecule has 1 aromatic rings. The Kier molecular flexibility index (Phi) is 4.46. The maximum absolute atomic E-state index is 13.4. The Hall–Kier alpha value is -2.56. The fourth-order valence-electron chi connectivity index (χ4n) is 4.83. The molecule has 146 valence electrons. The van der Waals surface area contributed by atoms with Crippen LogP contribution in [0, 0.1) is 11.8 Å². The first kappa shape index (κ1) is 17.5. The molecule has 4 aliphatic heterocycles. The van der Waals surface area contributed by atoms with Crippen LogP contribution in [0.4, 0.5) is 0 Å². The molecular weight excluding hydrogens is 352 g/mol. The molecule has 2 atom stereocenters. The van der Waals surface area contributed by atoms with Gasteiger partial charge in [0, 0.05) is 42.7 Å². The number of nitrogens with zero attached hydrogens (tertiary/aromatic N) is 2. The number of amides is 2. The van der Waals surface area contributed by atoms with Crippen molar-refractivity contribution in [1.29, 1.82) is 0 Å². The second kappa shape index (κ2) is 7.12. The average Bonchev–Trinajstić information content (AvgIpc) is 3.09. The van der Waals surface area contributed by atoms with Crippen molar-refractivity contribution in [1.82, 2.24) is 9.80 Å². The number of carbonyl (C=O) groups excluding carboxylic acids is 2. The summed E-state index contributed by atoms with van der Waals surface area (Å²) in [5, 5.41) is 0. The van der Waals surface area contributed by atoms with Crippen molar-refractivity contribution >= 4 is 17.9 Å². The molecule has 5 nitrogen and oxygen atoms in total. The van der Waals surface area contributed by atoms with Crippen LogP contribution in [0.5, 0.6) is 5.75 Å². The lowest BCUT2D eigenvalue weighted by Crippen LogP contribution is -2.48. The lowest BCUT2D eigenvalue weighted by atomic mass is 9.84. The predicted octanol–water partition coefficient (Wildman–Crippen LogP) is 3.23. The van der Waals surface area contributed by atoms with Crippen molar-refractivity contribution in [2.45, 2.75) is 38.1 Å². The molecule has 0 unspecified atom stereocenters. The van der Waals surface area contributed by atoms with Crippen LogP contribution in [0.25, 0.3) is 6.08 Å². The van der Waals surface area contributed by atoms with E-state index < -0.39 is 0 Å². The van der Waals surface area contributed by atoms with Gasteiger partial charge >= 0.3 is 0 Å². The highest BCUT2D eigenvalue weighted by Gasteiger charge is 2.41. The first-order valence-corrected chi connectivity index (χ1v) is 10.4. The van der Waals surface area contributed by atoms with Crippen molar-refractivity contribution < 1.29 is 14.3 Å². The Bertz CT molecular complexity index is 855. The molecule has 1 aromatic carbocycles. The van der Waals surface area contributed by atoms with Crippen molar-refractivity contribution in [3.63, 3.8) is 0 Å². The number of ether oxygens (including phenoxy) is 1. The van der Waals surface area contributed by atoms with E-state index in [1.165, 1.54) is 6.42 Å². The largest absolute Gasteiger partial charge is 0.464 e. The molecule has 28 heavy (non-hydrogen) atoms. The van der Waals surface area contributed by atoms with Gasteiger partial charge < -0.3 is 14.5 Å². The number of benzene rings is 1. The molecular formula is C23H26N2O3. The zero-order chi connectivity index (χ0) is 19.1. The van der Waals surface area contributed by atoms with Gasteiger partial charge in [0.2, 0.25) is 5.91 Å². The molecule has 0 radical (unpaired) electrons. The van der Waals surface area contributed by atoms with Crippen molar-refractivity contribution in [2.75, 3.05) is 19.6 Å². The standard InChI is InChI=1S/C23H26N2O3/c26-22(17-5-3-6-17)24-13-16-8-9-20(15-24)25(14-16)23(27)19-10-11-28-21-7-2-1-4-18(21)12-19/h1-2,4,7,10-12,16-17,20H,3,5-6,8-9,13-15H2/t16-,20+/m0/s1. The third-order valence-electron chi connectivity index (χ3n) is 6.66. The lowest BCUT2D eigenvalue weighted by molar-refractivity contribution is -0.139. The van der Waals surface area contributed by atoms with Crippen LogP contribution < -0.4 is 4.74 Å². The number of carbonyl (C=O) groups is 2. The third kappa shape index (κ3) is 3.13. The van der Waals surface area contributed by atoms with E-state index in [4.69, 9.17) is 4.74 Å². The quantitative estimate of drug-likeness (QED) is 0.794. The van der Waals surface area contributed by atoms with Gasteiger partial charge in [0.25, 0.3) is 5.91 Å². The van der Waals surface area contributed by atoms with Crippen molar-refractivity contribution in [3.8, 4) is 5.75 Å². The molecule has 3 saturated heterocycles. The lowest BCUT2D eigenvalue weighted by Gasteiger charge is -2.36. The van der Waals surface area contributed by atoms with E-state index >= 15 is 0 Å².